The Morgan fingerprint density at radius 2 is 1.82 bits per heavy atom. The summed E-state index contributed by atoms with van der Waals surface area (Å²) in [6.45, 7) is 0. The van der Waals surface area contributed by atoms with Crippen molar-refractivity contribution in [3.8, 4) is 0 Å². The number of hydrogen-bond acceptors (Lipinski definition) is 6. The molecule has 2 unspecified atom stereocenters. The van der Waals surface area contributed by atoms with E-state index in [9.17, 15) is 8.42 Å². The molecule has 0 spiro atoms. The van der Waals surface area contributed by atoms with Crippen LogP contribution in [0.1, 0.15) is 69.6 Å². The van der Waals surface area contributed by atoms with E-state index < -0.39 is 9.84 Å². The zero-order valence-corrected chi connectivity index (χ0v) is 14.7. The van der Waals surface area contributed by atoms with Gasteiger partial charge in [-0.05, 0) is 32.1 Å². The topological polar surface area (TPSA) is 73.1 Å². The maximum atomic E-state index is 11.7. The zero-order valence-electron chi connectivity index (χ0n) is 13.0. The molecule has 0 amide bonds. The minimum absolute atomic E-state index is 0.209. The Kier molecular flexibility index (Phi) is 5.12. The molecule has 0 aromatic carbocycles. The van der Waals surface area contributed by atoms with Gasteiger partial charge >= 0.3 is 0 Å². The van der Waals surface area contributed by atoms with Crippen molar-refractivity contribution in [3.63, 3.8) is 0 Å². The highest BCUT2D eigenvalue weighted by molar-refractivity contribution is 7.99. The first-order valence-corrected chi connectivity index (χ1v) is 11.0. The lowest BCUT2D eigenvalue weighted by Gasteiger charge is -2.26. The summed E-state index contributed by atoms with van der Waals surface area (Å²) in [5.74, 6) is 1.20. The highest BCUT2D eigenvalue weighted by Gasteiger charge is 2.30. The maximum absolute atomic E-state index is 11.7. The summed E-state index contributed by atoms with van der Waals surface area (Å²) in [5, 5.41) is 9.06. The number of nitrogens with zero attached hydrogens (tertiary/aromatic N) is 2. The van der Waals surface area contributed by atoms with Crippen LogP contribution in [0.3, 0.4) is 0 Å². The molecule has 3 rings (SSSR count). The van der Waals surface area contributed by atoms with E-state index in [0.29, 0.717) is 17.6 Å². The molecular formula is C15H24N2O3S2. The Bertz CT molecular complexity index is 594. The van der Waals surface area contributed by atoms with Gasteiger partial charge in [-0.3, -0.25) is 0 Å². The van der Waals surface area contributed by atoms with Crippen LogP contribution in [-0.4, -0.2) is 35.4 Å². The Hall–Kier alpha value is -0.560. The summed E-state index contributed by atoms with van der Waals surface area (Å²) >= 11 is 1.56. The first-order chi connectivity index (χ1) is 10.5. The molecule has 124 valence electrons. The van der Waals surface area contributed by atoms with Crippen molar-refractivity contribution in [2.45, 2.75) is 79.4 Å². The maximum Gasteiger partial charge on any atom is 0.276 e. The lowest BCUT2D eigenvalue weighted by Crippen LogP contribution is -2.28. The molecule has 0 saturated heterocycles. The average Bonchev–Trinajstić information content (AvgIpc) is 2.96. The Morgan fingerprint density at radius 1 is 1.05 bits per heavy atom. The summed E-state index contributed by atoms with van der Waals surface area (Å²) < 4.78 is 29.3. The van der Waals surface area contributed by atoms with Gasteiger partial charge in [-0.15, -0.1) is 10.2 Å². The van der Waals surface area contributed by atoms with Gasteiger partial charge in [0.25, 0.3) is 5.22 Å². The van der Waals surface area contributed by atoms with Crippen molar-refractivity contribution in [2.24, 2.45) is 0 Å². The second kappa shape index (κ2) is 6.91. The van der Waals surface area contributed by atoms with Crippen LogP contribution in [0.2, 0.25) is 0 Å². The van der Waals surface area contributed by atoms with Crippen LogP contribution >= 0.6 is 11.8 Å². The fraction of sp³-hybridized carbons (Fsp3) is 0.867. The lowest BCUT2D eigenvalue weighted by molar-refractivity contribution is 0.333. The molecule has 2 aliphatic rings. The summed E-state index contributed by atoms with van der Waals surface area (Å²) in [6, 6.07) is 0. The van der Waals surface area contributed by atoms with E-state index in [-0.39, 0.29) is 10.5 Å². The summed E-state index contributed by atoms with van der Waals surface area (Å²) in [7, 11) is -2.94. The van der Waals surface area contributed by atoms with Crippen LogP contribution in [0.15, 0.2) is 9.64 Å². The van der Waals surface area contributed by atoms with Crippen molar-refractivity contribution in [3.05, 3.63) is 5.89 Å². The largest absolute Gasteiger partial charge is 0.416 e. The SMILES string of the molecule is CS(=O)(=O)C1CCCC(Sc2nnc(C3CCCCC3)o2)C1. The van der Waals surface area contributed by atoms with Crippen molar-refractivity contribution in [2.75, 3.05) is 6.26 Å². The van der Waals surface area contributed by atoms with Gasteiger partial charge < -0.3 is 4.42 Å². The molecule has 1 heterocycles. The van der Waals surface area contributed by atoms with Crippen LogP contribution in [0.4, 0.5) is 0 Å². The molecule has 2 aliphatic carbocycles. The predicted octanol–water partition coefficient (Wildman–Crippen LogP) is 3.57. The van der Waals surface area contributed by atoms with E-state index in [1.807, 2.05) is 0 Å². The molecule has 0 N–H and O–H groups in total. The third-order valence-corrected chi connectivity index (χ3v) is 7.59. The first kappa shape index (κ1) is 16.3. The zero-order chi connectivity index (χ0) is 15.6. The Balaban J connectivity index is 1.60. The van der Waals surface area contributed by atoms with Crippen molar-refractivity contribution in [1.82, 2.24) is 10.2 Å². The molecule has 5 nitrogen and oxygen atoms in total. The molecule has 2 atom stereocenters. The standard InChI is InChI=1S/C15H24N2O3S2/c1-22(18,19)13-9-5-8-12(10-13)21-15-17-16-14(20-15)11-6-3-2-4-7-11/h11-13H,2-10H2,1H3. The lowest BCUT2D eigenvalue weighted by atomic mass is 9.89. The number of hydrogen-bond donors (Lipinski definition) is 0. The Labute approximate surface area is 136 Å². The van der Waals surface area contributed by atoms with Gasteiger partial charge in [0, 0.05) is 17.4 Å². The molecule has 22 heavy (non-hydrogen) atoms. The second-order valence-electron chi connectivity index (χ2n) is 6.60. The molecule has 0 radical (unpaired) electrons. The number of thioether (sulfide) groups is 1. The van der Waals surface area contributed by atoms with E-state index in [4.69, 9.17) is 4.42 Å². The van der Waals surface area contributed by atoms with Crippen LogP contribution in [0, 0.1) is 0 Å². The van der Waals surface area contributed by atoms with E-state index in [0.717, 1.165) is 38.0 Å². The predicted molar refractivity (Wildman–Crippen MR) is 86.9 cm³/mol. The molecule has 2 fully saturated rings. The van der Waals surface area contributed by atoms with Gasteiger partial charge in [0.2, 0.25) is 5.89 Å². The monoisotopic (exact) mass is 344 g/mol. The van der Waals surface area contributed by atoms with Gasteiger partial charge in [-0.25, -0.2) is 8.42 Å². The molecule has 7 heteroatoms. The third kappa shape index (κ3) is 4.04. The molecular weight excluding hydrogens is 320 g/mol. The summed E-state index contributed by atoms with van der Waals surface area (Å²) in [6.07, 6.45) is 10.9. The third-order valence-electron chi connectivity index (χ3n) is 4.83. The molecule has 1 aromatic heterocycles. The van der Waals surface area contributed by atoms with Gasteiger partial charge in [0.15, 0.2) is 0 Å². The number of rotatable bonds is 4. The van der Waals surface area contributed by atoms with E-state index >= 15 is 0 Å². The van der Waals surface area contributed by atoms with Gasteiger partial charge in [0.05, 0.1) is 5.25 Å². The minimum atomic E-state index is -2.94. The normalized spacial score (nSPS) is 27.9. The van der Waals surface area contributed by atoms with Crippen molar-refractivity contribution in [1.29, 1.82) is 0 Å². The Morgan fingerprint density at radius 3 is 2.55 bits per heavy atom. The average molecular weight is 345 g/mol. The fourth-order valence-electron chi connectivity index (χ4n) is 3.52. The minimum Gasteiger partial charge on any atom is -0.416 e. The molecule has 1 aromatic rings. The highest BCUT2D eigenvalue weighted by Crippen LogP contribution is 2.37. The van der Waals surface area contributed by atoms with Gasteiger partial charge in [-0.1, -0.05) is 37.4 Å². The number of aromatic nitrogens is 2. The van der Waals surface area contributed by atoms with Crippen molar-refractivity contribution >= 4 is 21.6 Å². The van der Waals surface area contributed by atoms with E-state index in [1.54, 1.807) is 11.8 Å². The van der Waals surface area contributed by atoms with E-state index in [2.05, 4.69) is 10.2 Å². The van der Waals surface area contributed by atoms with Gasteiger partial charge in [0.1, 0.15) is 9.84 Å². The van der Waals surface area contributed by atoms with Crippen LogP contribution in [0.25, 0.3) is 0 Å². The molecule has 0 bridgehead atoms. The highest BCUT2D eigenvalue weighted by atomic mass is 32.2. The molecule has 2 saturated carbocycles. The van der Waals surface area contributed by atoms with Crippen LogP contribution in [-0.2, 0) is 9.84 Å². The quantitative estimate of drug-likeness (QED) is 0.831. The summed E-state index contributed by atoms with van der Waals surface area (Å²) in [4.78, 5) is 0. The van der Waals surface area contributed by atoms with Crippen molar-refractivity contribution < 1.29 is 12.8 Å². The second-order valence-corrected chi connectivity index (χ2v) is 10.2. The summed E-state index contributed by atoms with van der Waals surface area (Å²) in [5.41, 5.74) is 0. The van der Waals surface area contributed by atoms with Crippen LogP contribution in [0.5, 0.6) is 0 Å². The number of sulfone groups is 1. The van der Waals surface area contributed by atoms with Crippen LogP contribution < -0.4 is 0 Å². The first-order valence-electron chi connectivity index (χ1n) is 8.21. The molecule has 0 aliphatic heterocycles. The fourth-order valence-corrected chi connectivity index (χ4v) is 5.94. The smallest absolute Gasteiger partial charge is 0.276 e. The van der Waals surface area contributed by atoms with E-state index in [1.165, 1.54) is 25.5 Å². The van der Waals surface area contributed by atoms with Gasteiger partial charge in [-0.2, -0.15) is 0 Å².